The average Bonchev–Trinajstić information content (AvgIpc) is 2.76. The van der Waals surface area contributed by atoms with E-state index >= 15 is 0 Å². The maximum absolute atomic E-state index is 6.24. The summed E-state index contributed by atoms with van der Waals surface area (Å²) in [6, 6.07) is 8.00. The molecule has 0 aliphatic rings. The van der Waals surface area contributed by atoms with E-state index in [0.29, 0.717) is 5.02 Å². The number of aromatic nitrogens is 2. The molecule has 2 aromatic rings. The number of hydrogen-bond donors (Lipinski definition) is 1. The number of aryl methyl sites for hydroxylation is 1. The number of nitrogens with zero attached hydrogens (tertiary/aromatic N) is 2. The third-order valence-electron chi connectivity index (χ3n) is 3.07. The number of ether oxygens (including phenoxy) is 1. The van der Waals surface area contributed by atoms with Crippen molar-refractivity contribution in [3.63, 3.8) is 0 Å². The highest BCUT2D eigenvalue weighted by molar-refractivity contribution is 6.31. The molecular weight excluding hydrogens is 262 g/mol. The van der Waals surface area contributed by atoms with E-state index in [1.165, 1.54) is 0 Å². The molecule has 0 amide bonds. The van der Waals surface area contributed by atoms with Crippen LogP contribution in [0.2, 0.25) is 5.02 Å². The first-order valence-corrected chi connectivity index (χ1v) is 6.60. The molecule has 0 fully saturated rings. The molecule has 1 aromatic carbocycles. The summed E-state index contributed by atoms with van der Waals surface area (Å²) >= 11 is 6.24. The first-order valence-electron chi connectivity index (χ1n) is 6.22. The van der Waals surface area contributed by atoms with Gasteiger partial charge in [-0.1, -0.05) is 30.7 Å². The third kappa shape index (κ3) is 2.91. The van der Waals surface area contributed by atoms with Crippen molar-refractivity contribution in [1.29, 1.82) is 0 Å². The van der Waals surface area contributed by atoms with Gasteiger partial charge in [-0.05, 0) is 24.2 Å². The Kier molecular flexibility index (Phi) is 4.45. The summed E-state index contributed by atoms with van der Waals surface area (Å²) in [5.41, 5.74) is 2.10. The number of hydrogen-bond acceptors (Lipinski definition) is 3. The lowest BCUT2D eigenvalue weighted by Crippen LogP contribution is -2.24. The van der Waals surface area contributed by atoms with Gasteiger partial charge in [0.05, 0.1) is 30.1 Å². The van der Waals surface area contributed by atoms with Gasteiger partial charge >= 0.3 is 0 Å². The Hall–Kier alpha value is -1.52. The molecular formula is C14H18ClN3O. The highest BCUT2D eigenvalue weighted by Gasteiger charge is 2.20. The van der Waals surface area contributed by atoms with Gasteiger partial charge in [0, 0.05) is 7.05 Å². The molecule has 0 aliphatic carbocycles. The Bertz CT molecular complexity index is 517. The van der Waals surface area contributed by atoms with Gasteiger partial charge < -0.3 is 10.1 Å². The minimum Gasteiger partial charge on any atom is -0.497 e. The van der Waals surface area contributed by atoms with E-state index in [9.17, 15) is 0 Å². The second-order valence-electron chi connectivity index (χ2n) is 4.27. The molecule has 1 heterocycles. The third-order valence-corrected chi connectivity index (χ3v) is 3.36. The van der Waals surface area contributed by atoms with Gasteiger partial charge in [-0.3, -0.25) is 4.68 Å². The van der Waals surface area contributed by atoms with Crippen molar-refractivity contribution in [1.82, 2.24) is 15.1 Å². The fourth-order valence-corrected chi connectivity index (χ4v) is 2.39. The van der Waals surface area contributed by atoms with E-state index in [0.717, 1.165) is 23.6 Å². The lowest BCUT2D eigenvalue weighted by atomic mass is 10.0. The van der Waals surface area contributed by atoms with E-state index in [4.69, 9.17) is 16.3 Å². The molecule has 2 rings (SSSR count). The molecule has 0 radical (unpaired) electrons. The van der Waals surface area contributed by atoms with E-state index in [1.807, 2.05) is 31.3 Å². The smallest absolute Gasteiger partial charge is 0.118 e. The molecule has 1 aromatic heterocycles. The zero-order valence-corrected chi connectivity index (χ0v) is 12.1. The van der Waals surface area contributed by atoms with Crippen molar-refractivity contribution in [3.8, 4) is 5.75 Å². The second kappa shape index (κ2) is 6.08. The van der Waals surface area contributed by atoms with Gasteiger partial charge in [-0.25, -0.2) is 0 Å². The molecule has 102 valence electrons. The largest absolute Gasteiger partial charge is 0.497 e. The molecule has 19 heavy (non-hydrogen) atoms. The van der Waals surface area contributed by atoms with Crippen LogP contribution in [0.4, 0.5) is 0 Å². The average molecular weight is 280 g/mol. The molecule has 1 N–H and O–H groups in total. The summed E-state index contributed by atoms with van der Waals surface area (Å²) in [4.78, 5) is 0. The molecule has 0 bridgehead atoms. The Morgan fingerprint density at radius 2 is 2.05 bits per heavy atom. The van der Waals surface area contributed by atoms with Crippen molar-refractivity contribution in [2.75, 3.05) is 13.7 Å². The Morgan fingerprint density at radius 3 is 2.53 bits per heavy atom. The van der Waals surface area contributed by atoms with Gasteiger partial charge in [0.1, 0.15) is 5.75 Å². The Morgan fingerprint density at radius 1 is 1.37 bits per heavy atom. The zero-order valence-electron chi connectivity index (χ0n) is 11.4. The van der Waals surface area contributed by atoms with Crippen LogP contribution in [0, 0.1) is 0 Å². The predicted molar refractivity (Wildman–Crippen MR) is 76.7 cm³/mol. The van der Waals surface area contributed by atoms with Crippen LogP contribution >= 0.6 is 11.6 Å². The van der Waals surface area contributed by atoms with Gasteiger partial charge in [0.25, 0.3) is 0 Å². The maximum atomic E-state index is 6.24. The fraction of sp³-hybridized carbons (Fsp3) is 0.357. The number of methoxy groups -OCH3 is 1. The van der Waals surface area contributed by atoms with Crippen LogP contribution in [-0.4, -0.2) is 23.4 Å². The SMILES string of the molecule is CCNC(c1ccc(OC)cc1)c1c(Cl)cnn1C. The van der Waals surface area contributed by atoms with Gasteiger partial charge in [-0.2, -0.15) is 5.10 Å². The van der Waals surface area contributed by atoms with E-state index in [1.54, 1.807) is 18.0 Å². The molecule has 0 spiro atoms. The van der Waals surface area contributed by atoms with Crippen molar-refractivity contribution in [3.05, 3.63) is 46.7 Å². The second-order valence-corrected chi connectivity index (χ2v) is 4.67. The van der Waals surface area contributed by atoms with Crippen LogP contribution in [-0.2, 0) is 7.05 Å². The lowest BCUT2D eigenvalue weighted by Gasteiger charge is -2.19. The van der Waals surface area contributed by atoms with Crippen LogP contribution in [0.5, 0.6) is 5.75 Å². The highest BCUT2D eigenvalue weighted by atomic mass is 35.5. The minimum atomic E-state index is 0.0240. The summed E-state index contributed by atoms with van der Waals surface area (Å²) in [6.07, 6.45) is 1.67. The maximum Gasteiger partial charge on any atom is 0.118 e. The molecule has 0 aliphatic heterocycles. The topological polar surface area (TPSA) is 39.1 Å². The van der Waals surface area contributed by atoms with Crippen LogP contribution < -0.4 is 10.1 Å². The van der Waals surface area contributed by atoms with Gasteiger partial charge in [0.2, 0.25) is 0 Å². The fourth-order valence-electron chi connectivity index (χ4n) is 2.12. The lowest BCUT2D eigenvalue weighted by molar-refractivity contribution is 0.414. The van der Waals surface area contributed by atoms with Crippen LogP contribution in [0.25, 0.3) is 0 Å². The predicted octanol–water partition coefficient (Wildman–Crippen LogP) is 2.78. The standard InChI is InChI=1S/C14H18ClN3O/c1-4-16-13(14-12(15)9-17-18(14)2)10-5-7-11(19-3)8-6-10/h5-9,13,16H,4H2,1-3H3. The van der Waals surface area contributed by atoms with E-state index in [2.05, 4.69) is 17.3 Å². The van der Waals surface area contributed by atoms with E-state index in [-0.39, 0.29) is 6.04 Å². The molecule has 1 unspecified atom stereocenters. The van der Waals surface area contributed by atoms with Crippen LogP contribution in [0.3, 0.4) is 0 Å². The molecule has 1 atom stereocenters. The molecule has 0 saturated carbocycles. The number of halogens is 1. The van der Waals surface area contributed by atoms with Gasteiger partial charge in [0.15, 0.2) is 0 Å². The zero-order chi connectivity index (χ0) is 13.8. The molecule has 4 nitrogen and oxygen atoms in total. The van der Waals surface area contributed by atoms with Gasteiger partial charge in [-0.15, -0.1) is 0 Å². The van der Waals surface area contributed by atoms with Crippen molar-refractivity contribution in [2.45, 2.75) is 13.0 Å². The van der Waals surface area contributed by atoms with Crippen molar-refractivity contribution in [2.24, 2.45) is 7.05 Å². The summed E-state index contributed by atoms with van der Waals surface area (Å²) in [5, 5.41) is 8.30. The normalized spacial score (nSPS) is 12.4. The number of rotatable bonds is 5. The summed E-state index contributed by atoms with van der Waals surface area (Å²) in [6.45, 7) is 2.92. The summed E-state index contributed by atoms with van der Waals surface area (Å²) in [5.74, 6) is 0.843. The minimum absolute atomic E-state index is 0.0240. The van der Waals surface area contributed by atoms with Crippen molar-refractivity contribution >= 4 is 11.6 Å². The first kappa shape index (κ1) is 13.9. The van der Waals surface area contributed by atoms with Crippen LogP contribution in [0.1, 0.15) is 24.2 Å². The molecule has 5 heteroatoms. The molecule has 0 saturated heterocycles. The summed E-state index contributed by atoms with van der Waals surface area (Å²) < 4.78 is 6.99. The quantitative estimate of drug-likeness (QED) is 0.915. The monoisotopic (exact) mass is 279 g/mol. The highest BCUT2D eigenvalue weighted by Crippen LogP contribution is 2.28. The first-order chi connectivity index (χ1) is 9.17. The van der Waals surface area contributed by atoms with E-state index < -0.39 is 0 Å². The Balaban J connectivity index is 2.39. The number of benzene rings is 1. The Labute approximate surface area is 118 Å². The van der Waals surface area contributed by atoms with Crippen molar-refractivity contribution < 1.29 is 4.74 Å². The summed E-state index contributed by atoms with van der Waals surface area (Å²) in [7, 11) is 3.56. The number of nitrogens with one attached hydrogen (secondary N) is 1. The van der Waals surface area contributed by atoms with Crippen LogP contribution in [0.15, 0.2) is 30.5 Å².